The highest BCUT2D eigenvalue weighted by molar-refractivity contribution is 9.10. The molecule has 1 N–H and O–H groups in total. The largest absolute Gasteiger partial charge is 0.307 e. The molecule has 18 heavy (non-hydrogen) atoms. The van der Waals surface area contributed by atoms with Crippen LogP contribution >= 0.6 is 43.5 Å². The third-order valence-corrected chi connectivity index (χ3v) is 3.54. The molecule has 0 radical (unpaired) electrons. The molecular formula is C12H7Br2ClN2O. The van der Waals surface area contributed by atoms with E-state index in [0.717, 1.165) is 4.47 Å². The molecule has 0 saturated carbocycles. The summed E-state index contributed by atoms with van der Waals surface area (Å²) < 4.78 is 1.53. The Morgan fingerprint density at radius 3 is 2.67 bits per heavy atom. The van der Waals surface area contributed by atoms with Crippen molar-refractivity contribution in [3.8, 4) is 0 Å². The molecule has 1 aromatic heterocycles. The first kappa shape index (κ1) is 13.5. The molecule has 0 aliphatic carbocycles. The molecule has 0 aliphatic rings. The van der Waals surface area contributed by atoms with Crippen LogP contribution in [0.4, 0.5) is 5.82 Å². The predicted molar refractivity (Wildman–Crippen MR) is 79.0 cm³/mol. The lowest BCUT2D eigenvalue weighted by Crippen LogP contribution is -2.13. The number of rotatable bonds is 2. The van der Waals surface area contributed by atoms with Crippen molar-refractivity contribution in [2.24, 2.45) is 0 Å². The van der Waals surface area contributed by atoms with Gasteiger partial charge < -0.3 is 5.32 Å². The lowest BCUT2D eigenvalue weighted by atomic mass is 10.2. The first-order valence-electron chi connectivity index (χ1n) is 4.94. The summed E-state index contributed by atoms with van der Waals surface area (Å²) in [4.78, 5) is 16.1. The van der Waals surface area contributed by atoms with Crippen molar-refractivity contribution in [3.63, 3.8) is 0 Å². The van der Waals surface area contributed by atoms with Crippen molar-refractivity contribution in [2.75, 3.05) is 5.32 Å². The van der Waals surface area contributed by atoms with Crippen LogP contribution in [0.3, 0.4) is 0 Å². The summed E-state index contributed by atoms with van der Waals surface area (Å²) in [6.45, 7) is 0. The number of anilines is 1. The van der Waals surface area contributed by atoms with Crippen molar-refractivity contribution in [3.05, 3.63) is 56.1 Å². The van der Waals surface area contributed by atoms with Crippen LogP contribution in [0, 0.1) is 0 Å². The van der Waals surface area contributed by atoms with Crippen LogP contribution < -0.4 is 5.32 Å². The standard InChI is InChI=1S/C12H7Br2ClN2O/c13-7-1-4-11(16-6-7)17-12(18)9-5-8(15)2-3-10(9)14/h1-6H,(H,16,17,18). The molecule has 2 aromatic rings. The normalized spacial score (nSPS) is 10.2. The van der Waals surface area contributed by atoms with Crippen molar-refractivity contribution in [2.45, 2.75) is 0 Å². The minimum Gasteiger partial charge on any atom is -0.307 e. The maximum atomic E-state index is 12.0. The molecule has 0 bridgehead atoms. The smallest absolute Gasteiger partial charge is 0.258 e. The molecule has 0 saturated heterocycles. The molecule has 0 fully saturated rings. The number of aromatic nitrogens is 1. The second kappa shape index (κ2) is 5.82. The Balaban J connectivity index is 2.21. The van der Waals surface area contributed by atoms with Crippen molar-refractivity contribution < 1.29 is 4.79 Å². The van der Waals surface area contributed by atoms with Gasteiger partial charge in [-0.15, -0.1) is 0 Å². The van der Waals surface area contributed by atoms with E-state index in [1.807, 2.05) is 0 Å². The molecule has 0 atom stereocenters. The second-order valence-electron chi connectivity index (χ2n) is 3.44. The van der Waals surface area contributed by atoms with Gasteiger partial charge in [0.25, 0.3) is 5.91 Å². The molecule has 1 aromatic carbocycles. The van der Waals surface area contributed by atoms with Crippen molar-refractivity contribution in [1.82, 2.24) is 4.98 Å². The number of nitrogens with zero attached hydrogens (tertiary/aromatic N) is 1. The van der Waals surface area contributed by atoms with Gasteiger partial charge in [-0.1, -0.05) is 11.6 Å². The molecular weight excluding hydrogens is 383 g/mol. The lowest BCUT2D eigenvalue weighted by Gasteiger charge is -2.06. The zero-order chi connectivity index (χ0) is 13.1. The molecule has 0 aliphatic heterocycles. The number of halogens is 3. The maximum Gasteiger partial charge on any atom is 0.258 e. The quantitative estimate of drug-likeness (QED) is 0.820. The van der Waals surface area contributed by atoms with E-state index in [1.54, 1.807) is 36.5 Å². The van der Waals surface area contributed by atoms with Crippen LogP contribution in [0.25, 0.3) is 0 Å². The maximum absolute atomic E-state index is 12.0. The predicted octanol–water partition coefficient (Wildman–Crippen LogP) is 4.51. The second-order valence-corrected chi connectivity index (χ2v) is 5.65. The molecule has 1 heterocycles. The Kier molecular flexibility index (Phi) is 4.37. The molecule has 92 valence electrons. The van der Waals surface area contributed by atoms with Gasteiger partial charge >= 0.3 is 0 Å². The average molecular weight is 390 g/mol. The highest BCUT2D eigenvalue weighted by Crippen LogP contribution is 2.22. The SMILES string of the molecule is O=C(Nc1ccc(Br)cn1)c1cc(Cl)ccc1Br. The average Bonchev–Trinajstić information content (AvgIpc) is 2.35. The van der Waals surface area contributed by atoms with Crippen LogP contribution in [0.2, 0.25) is 5.02 Å². The Morgan fingerprint density at radius 2 is 2.00 bits per heavy atom. The van der Waals surface area contributed by atoms with Gasteiger partial charge in [-0.05, 0) is 62.2 Å². The zero-order valence-electron chi connectivity index (χ0n) is 8.95. The fourth-order valence-electron chi connectivity index (χ4n) is 1.30. The van der Waals surface area contributed by atoms with Gasteiger partial charge in [0, 0.05) is 20.2 Å². The van der Waals surface area contributed by atoms with E-state index < -0.39 is 0 Å². The fraction of sp³-hybridized carbons (Fsp3) is 0. The van der Waals surface area contributed by atoms with Gasteiger partial charge in [0.15, 0.2) is 0 Å². The monoisotopic (exact) mass is 388 g/mol. The number of carbonyl (C=O) groups is 1. The first-order valence-corrected chi connectivity index (χ1v) is 6.90. The molecule has 6 heteroatoms. The van der Waals surface area contributed by atoms with E-state index in [-0.39, 0.29) is 5.91 Å². The van der Waals surface area contributed by atoms with Gasteiger partial charge in [-0.2, -0.15) is 0 Å². The Morgan fingerprint density at radius 1 is 1.22 bits per heavy atom. The Labute approximate surface area is 126 Å². The molecule has 1 amide bonds. The Hall–Kier alpha value is -0.910. The van der Waals surface area contributed by atoms with Crippen LogP contribution in [0.5, 0.6) is 0 Å². The van der Waals surface area contributed by atoms with Crippen LogP contribution in [-0.2, 0) is 0 Å². The third kappa shape index (κ3) is 3.31. The summed E-state index contributed by atoms with van der Waals surface area (Å²) in [7, 11) is 0. The molecule has 3 nitrogen and oxygen atoms in total. The number of benzene rings is 1. The number of amides is 1. The first-order chi connectivity index (χ1) is 8.56. The molecule has 0 unspecified atom stereocenters. The van der Waals surface area contributed by atoms with Gasteiger partial charge in [0.2, 0.25) is 0 Å². The van der Waals surface area contributed by atoms with E-state index in [1.165, 1.54) is 0 Å². The molecule has 0 spiro atoms. The highest BCUT2D eigenvalue weighted by Gasteiger charge is 2.11. The summed E-state index contributed by atoms with van der Waals surface area (Å²) >= 11 is 12.4. The Bertz CT molecular complexity index is 587. The minimum atomic E-state index is -0.265. The van der Waals surface area contributed by atoms with Gasteiger partial charge in [0.1, 0.15) is 5.82 Å². The van der Waals surface area contributed by atoms with E-state index in [0.29, 0.717) is 20.9 Å². The highest BCUT2D eigenvalue weighted by atomic mass is 79.9. The van der Waals surface area contributed by atoms with Crippen LogP contribution in [-0.4, -0.2) is 10.9 Å². The summed E-state index contributed by atoms with van der Waals surface area (Å²) in [6, 6.07) is 8.54. The number of carbonyl (C=O) groups excluding carboxylic acids is 1. The minimum absolute atomic E-state index is 0.265. The summed E-state index contributed by atoms with van der Waals surface area (Å²) in [5, 5.41) is 3.20. The van der Waals surface area contributed by atoms with Gasteiger partial charge in [0.05, 0.1) is 5.56 Å². The van der Waals surface area contributed by atoms with Gasteiger partial charge in [-0.25, -0.2) is 4.98 Å². The van der Waals surface area contributed by atoms with Crippen LogP contribution in [0.15, 0.2) is 45.5 Å². The topological polar surface area (TPSA) is 42.0 Å². The molecule has 2 rings (SSSR count). The number of pyridine rings is 1. The van der Waals surface area contributed by atoms with Crippen LogP contribution in [0.1, 0.15) is 10.4 Å². The van der Waals surface area contributed by atoms with Crippen molar-refractivity contribution >= 4 is 55.2 Å². The lowest BCUT2D eigenvalue weighted by molar-refractivity contribution is 0.102. The number of hydrogen-bond donors (Lipinski definition) is 1. The summed E-state index contributed by atoms with van der Waals surface area (Å²) in [6.07, 6.45) is 1.61. The number of hydrogen-bond acceptors (Lipinski definition) is 2. The number of nitrogens with one attached hydrogen (secondary N) is 1. The van der Waals surface area contributed by atoms with E-state index in [2.05, 4.69) is 42.2 Å². The summed E-state index contributed by atoms with van der Waals surface area (Å²) in [5.41, 5.74) is 0.465. The van der Waals surface area contributed by atoms with E-state index >= 15 is 0 Å². The van der Waals surface area contributed by atoms with Gasteiger partial charge in [-0.3, -0.25) is 4.79 Å². The third-order valence-electron chi connectivity index (χ3n) is 2.14. The van der Waals surface area contributed by atoms with E-state index in [9.17, 15) is 4.79 Å². The van der Waals surface area contributed by atoms with Crippen molar-refractivity contribution in [1.29, 1.82) is 0 Å². The zero-order valence-corrected chi connectivity index (χ0v) is 12.9. The fourth-order valence-corrected chi connectivity index (χ4v) is 2.14. The summed E-state index contributed by atoms with van der Waals surface area (Å²) in [5.74, 6) is 0.217. The van der Waals surface area contributed by atoms with E-state index in [4.69, 9.17) is 11.6 Å².